The Morgan fingerprint density at radius 1 is 1.14 bits per heavy atom. The minimum Gasteiger partial charge on any atom is -0.433 e. The fraction of sp³-hybridized carbons (Fsp3) is 0.655. The van der Waals surface area contributed by atoms with Crippen molar-refractivity contribution in [1.29, 1.82) is 0 Å². The summed E-state index contributed by atoms with van der Waals surface area (Å²) in [5.74, 6) is -1.81. The molecule has 1 aromatic rings. The molecule has 1 spiro atoms. The maximum atomic E-state index is 12.8. The molecule has 0 saturated carbocycles. The van der Waals surface area contributed by atoms with Crippen LogP contribution >= 0.6 is 0 Å². The van der Waals surface area contributed by atoms with Crippen molar-refractivity contribution in [1.82, 2.24) is 0 Å². The van der Waals surface area contributed by atoms with Gasteiger partial charge in [0, 0.05) is 17.8 Å². The number of cyclic esters (lactones) is 1. The fourth-order valence-electron chi connectivity index (χ4n) is 5.14. The molecule has 7 atom stereocenters. The first-order valence-corrected chi connectivity index (χ1v) is 13.0. The van der Waals surface area contributed by atoms with E-state index in [1.807, 2.05) is 71.0 Å². The van der Waals surface area contributed by atoms with E-state index < -0.39 is 17.7 Å². The van der Waals surface area contributed by atoms with E-state index in [0.717, 1.165) is 17.4 Å². The Morgan fingerprint density at radius 3 is 2.50 bits per heavy atom. The molecule has 4 rings (SSSR count). The summed E-state index contributed by atoms with van der Waals surface area (Å²) in [6.45, 7) is 12.0. The summed E-state index contributed by atoms with van der Waals surface area (Å²) in [4.78, 5) is 24.5. The average Bonchev–Trinajstić information content (AvgIpc) is 3.12. The van der Waals surface area contributed by atoms with Crippen LogP contribution < -0.4 is 0 Å². The van der Waals surface area contributed by atoms with Crippen molar-refractivity contribution in [3.05, 3.63) is 47.5 Å². The van der Waals surface area contributed by atoms with Gasteiger partial charge in [0.1, 0.15) is 12.4 Å². The van der Waals surface area contributed by atoms with Crippen LogP contribution in [0.25, 0.3) is 0 Å². The van der Waals surface area contributed by atoms with Crippen LogP contribution in [0.15, 0.2) is 42.0 Å². The lowest BCUT2D eigenvalue weighted by Gasteiger charge is -2.49. The molecule has 0 aromatic heterocycles. The van der Waals surface area contributed by atoms with E-state index in [1.54, 1.807) is 6.92 Å². The minimum atomic E-state index is -1.15. The molecule has 3 aliphatic rings. The Kier molecular flexibility index (Phi) is 7.77. The summed E-state index contributed by atoms with van der Waals surface area (Å²) in [5, 5.41) is 0. The smallest absolute Gasteiger partial charge is 0.340 e. The Labute approximate surface area is 214 Å². The molecule has 3 aliphatic heterocycles. The van der Waals surface area contributed by atoms with Crippen molar-refractivity contribution in [2.24, 2.45) is 11.3 Å². The molecule has 1 aromatic carbocycles. The Balaban J connectivity index is 1.56. The molecule has 7 nitrogen and oxygen atoms in total. The number of hydrogen-bond donors (Lipinski definition) is 0. The molecule has 198 valence electrons. The van der Waals surface area contributed by atoms with E-state index >= 15 is 0 Å². The number of rotatable bonds is 7. The van der Waals surface area contributed by atoms with Crippen LogP contribution in [0.3, 0.4) is 0 Å². The Bertz CT molecular complexity index is 968. The fourth-order valence-corrected chi connectivity index (χ4v) is 5.14. The number of ether oxygens (including phenoxy) is 5. The predicted molar refractivity (Wildman–Crippen MR) is 134 cm³/mol. The molecule has 0 N–H and O–H groups in total. The zero-order valence-corrected chi connectivity index (χ0v) is 22.3. The second-order valence-electron chi connectivity index (χ2n) is 11.8. The summed E-state index contributed by atoms with van der Waals surface area (Å²) in [7, 11) is 0. The van der Waals surface area contributed by atoms with Crippen molar-refractivity contribution in [3.63, 3.8) is 0 Å². The maximum Gasteiger partial charge on any atom is 0.340 e. The maximum absolute atomic E-state index is 12.8. The van der Waals surface area contributed by atoms with Crippen LogP contribution in [0.5, 0.6) is 0 Å². The molecule has 7 heteroatoms. The van der Waals surface area contributed by atoms with Crippen LogP contribution in [-0.2, 0) is 39.9 Å². The lowest BCUT2D eigenvalue weighted by atomic mass is 9.86. The second kappa shape index (κ2) is 10.4. The van der Waals surface area contributed by atoms with Crippen molar-refractivity contribution in [3.8, 4) is 0 Å². The highest BCUT2D eigenvalue weighted by Crippen LogP contribution is 2.44. The van der Waals surface area contributed by atoms with Crippen LogP contribution in [0, 0.1) is 11.3 Å². The highest BCUT2D eigenvalue weighted by molar-refractivity contribution is 5.80. The average molecular weight is 501 g/mol. The molecule has 3 heterocycles. The van der Waals surface area contributed by atoms with Gasteiger partial charge in [0.15, 0.2) is 5.60 Å². The molecule has 0 radical (unpaired) electrons. The van der Waals surface area contributed by atoms with Crippen molar-refractivity contribution >= 4 is 12.3 Å². The van der Waals surface area contributed by atoms with Gasteiger partial charge in [0.2, 0.25) is 12.1 Å². The normalized spacial score (nSPS) is 35.8. The molecule has 0 aliphatic carbocycles. The highest BCUT2D eigenvalue weighted by Gasteiger charge is 2.55. The van der Waals surface area contributed by atoms with Gasteiger partial charge in [0.25, 0.3) is 0 Å². The molecular weight excluding hydrogens is 460 g/mol. The number of hydrogen-bond acceptors (Lipinski definition) is 7. The summed E-state index contributed by atoms with van der Waals surface area (Å²) in [6.07, 6.45) is 3.67. The molecular formula is C29H40O7. The molecule has 36 heavy (non-hydrogen) atoms. The van der Waals surface area contributed by atoms with Crippen LogP contribution in [0.1, 0.15) is 72.8 Å². The van der Waals surface area contributed by atoms with Crippen LogP contribution in [0.2, 0.25) is 0 Å². The van der Waals surface area contributed by atoms with E-state index in [9.17, 15) is 9.59 Å². The lowest BCUT2D eigenvalue weighted by molar-refractivity contribution is -0.329. The second-order valence-corrected chi connectivity index (χ2v) is 11.8. The first kappa shape index (κ1) is 27.0. The van der Waals surface area contributed by atoms with Gasteiger partial charge < -0.3 is 28.5 Å². The summed E-state index contributed by atoms with van der Waals surface area (Å²) in [5.41, 5.74) is 0.712. The van der Waals surface area contributed by atoms with Crippen LogP contribution in [0.4, 0.5) is 0 Å². The standard InChI is InChI=1S/C29H40O7/c1-19-14-23(20(2)17-30)35-29(15-19)24(32-18-21-10-8-7-9-11-21)13-12-22(34-29)16-28(6)25(31)33-26(36-28)27(3,4)5/h7-11,15,17,20,22-24,26H,12-14,16,18H2,1-6H3/t20-,22+,23+,24-,26-,28-,29-/m1/s1. The summed E-state index contributed by atoms with van der Waals surface area (Å²) < 4.78 is 31.4. The van der Waals surface area contributed by atoms with Crippen molar-refractivity contribution < 1.29 is 33.3 Å². The zero-order valence-electron chi connectivity index (χ0n) is 22.3. The van der Waals surface area contributed by atoms with Crippen molar-refractivity contribution in [2.75, 3.05) is 0 Å². The lowest BCUT2D eigenvalue weighted by Crippen LogP contribution is -2.58. The minimum absolute atomic E-state index is 0.289. The zero-order chi connectivity index (χ0) is 26.1. The Hall–Kier alpha value is -2.06. The van der Waals surface area contributed by atoms with Gasteiger partial charge in [-0.2, -0.15) is 0 Å². The van der Waals surface area contributed by atoms with Gasteiger partial charge in [0.05, 0.1) is 18.8 Å². The van der Waals surface area contributed by atoms with E-state index in [1.165, 1.54) is 0 Å². The van der Waals surface area contributed by atoms with Gasteiger partial charge in [-0.25, -0.2) is 4.79 Å². The third-order valence-corrected chi connectivity index (χ3v) is 7.29. The van der Waals surface area contributed by atoms with E-state index in [-0.39, 0.29) is 35.6 Å². The quantitative estimate of drug-likeness (QED) is 0.292. The van der Waals surface area contributed by atoms with Gasteiger partial charge in [-0.1, -0.05) is 63.6 Å². The largest absolute Gasteiger partial charge is 0.433 e. The highest BCUT2D eigenvalue weighted by atomic mass is 16.8. The molecule has 0 unspecified atom stereocenters. The number of benzene rings is 1. The monoisotopic (exact) mass is 500 g/mol. The molecule has 2 fully saturated rings. The van der Waals surface area contributed by atoms with E-state index in [4.69, 9.17) is 23.7 Å². The number of aldehydes is 1. The topological polar surface area (TPSA) is 80.3 Å². The van der Waals surface area contributed by atoms with Gasteiger partial charge in [-0.3, -0.25) is 0 Å². The van der Waals surface area contributed by atoms with Crippen LogP contribution in [-0.4, -0.2) is 48.2 Å². The first-order valence-electron chi connectivity index (χ1n) is 13.0. The SMILES string of the molecule is CC1=C[C@@]2(O[C@H](C[C@@]3(C)O[C@H](C(C)(C)C)OC3=O)CC[C@H]2OCc2ccccc2)O[C@H]([C@H](C)C=O)C1. The van der Waals surface area contributed by atoms with Gasteiger partial charge >= 0.3 is 5.97 Å². The number of esters is 1. The summed E-state index contributed by atoms with van der Waals surface area (Å²) >= 11 is 0. The molecule has 2 saturated heterocycles. The van der Waals surface area contributed by atoms with Gasteiger partial charge in [-0.15, -0.1) is 0 Å². The first-order chi connectivity index (χ1) is 16.9. The molecule has 0 amide bonds. The number of carbonyl (C=O) groups is 2. The van der Waals surface area contributed by atoms with Gasteiger partial charge in [-0.05, 0) is 44.7 Å². The summed E-state index contributed by atoms with van der Waals surface area (Å²) in [6, 6.07) is 9.99. The van der Waals surface area contributed by atoms with E-state index in [0.29, 0.717) is 32.3 Å². The third kappa shape index (κ3) is 5.75. The predicted octanol–water partition coefficient (Wildman–Crippen LogP) is 5.11. The Morgan fingerprint density at radius 2 is 1.86 bits per heavy atom. The molecule has 0 bridgehead atoms. The number of carbonyl (C=O) groups excluding carboxylic acids is 2. The third-order valence-electron chi connectivity index (χ3n) is 7.29. The van der Waals surface area contributed by atoms with E-state index in [2.05, 4.69) is 0 Å². The van der Waals surface area contributed by atoms with Crippen molar-refractivity contribution in [2.45, 2.75) is 110 Å².